The number of hydrogen-bond acceptors (Lipinski definition) is 4. The van der Waals surface area contributed by atoms with Crippen molar-refractivity contribution in [2.75, 3.05) is 0 Å². The zero-order valence-corrected chi connectivity index (χ0v) is 10.5. The molecular formula is C10H14N2S2. The van der Waals surface area contributed by atoms with Gasteiger partial charge in [0.05, 0.1) is 10.0 Å². The van der Waals surface area contributed by atoms with E-state index in [0.29, 0.717) is 0 Å². The molecule has 76 valence electrons. The number of aromatic nitrogens is 2. The van der Waals surface area contributed by atoms with Gasteiger partial charge in [0.15, 0.2) is 0 Å². The fourth-order valence-corrected chi connectivity index (χ4v) is 2.29. The molecule has 0 spiro atoms. The number of rotatable bonds is 0. The van der Waals surface area contributed by atoms with Gasteiger partial charge in [0.25, 0.3) is 0 Å². The van der Waals surface area contributed by atoms with Crippen molar-refractivity contribution >= 4 is 22.7 Å². The van der Waals surface area contributed by atoms with Crippen molar-refractivity contribution in [3.63, 3.8) is 0 Å². The first-order valence-corrected chi connectivity index (χ1v) is 5.99. The topological polar surface area (TPSA) is 25.8 Å². The van der Waals surface area contributed by atoms with Crippen LogP contribution in [0.3, 0.4) is 0 Å². The molecule has 0 fully saturated rings. The number of hydrogen-bond donors (Lipinski definition) is 0. The summed E-state index contributed by atoms with van der Waals surface area (Å²) in [7, 11) is 0. The molecule has 2 nitrogen and oxygen atoms in total. The molecule has 14 heavy (non-hydrogen) atoms. The minimum absolute atomic E-state index is 1.15. The van der Waals surface area contributed by atoms with Crippen LogP contribution in [-0.2, 0) is 0 Å². The van der Waals surface area contributed by atoms with Crippen molar-refractivity contribution in [1.82, 2.24) is 9.97 Å². The maximum Gasteiger partial charge on any atom is 0.0896 e. The van der Waals surface area contributed by atoms with Crippen LogP contribution in [-0.4, -0.2) is 9.97 Å². The van der Waals surface area contributed by atoms with Crippen molar-refractivity contribution in [3.8, 4) is 0 Å². The Morgan fingerprint density at radius 2 is 1.14 bits per heavy atom. The summed E-state index contributed by atoms with van der Waals surface area (Å²) >= 11 is 3.46. The van der Waals surface area contributed by atoms with Gasteiger partial charge in [-0.1, -0.05) is 0 Å². The zero-order chi connectivity index (χ0) is 10.6. The van der Waals surface area contributed by atoms with E-state index >= 15 is 0 Å². The van der Waals surface area contributed by atoms with Crippen LogP contribution in [0, 0.1) is 27.7 Å². The summed E-state index contributed by atoms with van der Waals surface area (Å²) in [6, 6.07) is 0. The highest BCUT2D eigenvalue weighted by molar-refractivity contribution is 7.11. The van der Waals surface area contributed by atoms with E-state index in [1.54, 1.807) is 22.7 Å². The van der Waals surface area contributed by atoms with E-state index in [-0.39, 0.29) is 0 Å². The molecule has 0 atom stereocenters. The molecule has 0 radical (unpaired) electrons. The molecule has 0 unspecified atom stereocenters. The predicted molar refractivity (Wildman–Crippen MR) is 63.2 cm³/mol. The third-order valence-electron chi connectivity index (χ3n) is 1.47. The van der Waals surface area contributed by atoms with Gasteiger partial charge in [-0.05, 0) is 27.7 Å². The minimum Gasteiger partial charge on any atom is -0.250 e. The van der Waals surface area contributed by atoms with Crippen LogP contribution in [0.25, 0.3) is 0 Å². The molecular weight excluding hydrogens is 212 g/mol. The summed E-state index contributed by atoms with van der Waals surface area (Å²) in [5.41, 5.74) is 0. The average Bonchev–Trinajstić information content (AvgIpc) is 2.63. The fraction of sp³-hybridized carbons (Fsp3) is 0.400. The van der Waals surface area contributed by atoms with Crippen LogP contribution >= 0.6 is 22.7 Å². The normalized spacial score (nSPS) is 9.43. The highest BCUT2D eigenvalue weighted by Gasteiger charge is 1.86. The van der Waals surface area contributed by atoms with Gasteiger partial charge in [0.2, 0.25) is 0 Å². The maximum absolute atomic E-state index is 4.03. The van der Waals surface area contributed by atoms with Gasteiger partial charge in [-0.3, -0.25) is 0 Å². The van der Waals surface area contributed by atoms with E-state index in [9.17, 15) is 0 Å². The lowest BCUT2D eigenvalue weighted by Crippen LogP contribution is -1.57. The van der Waals surface area contributed by atoms with Gasteiger partial charge in [0.1, 0.15) is 0 Å². The Kier molecular flexibility index (Phi) is 4.22. The molecule has 0 amide bonds. The van der Waals surface area contributed by atoms with Gasteiger partial charge in [0, 0.05) is 22.1 Å². The molecule has 4 heteroatoms. The number of thiazole rings is 2. The summed E-state index contributed by atoms with van der Waals surface area (Å²) in [6.45, 7) is 8.14. The Morgan fingerprint density at radius 1 is 0.786 bits per heavy atom. The van der Waals surface area contributed by atoms with Crippen LogP contribution < -0.4 is 0 Å². The van der Waals surface area contributed by atoms with Crippen LogP contribution in [0.2, 0.25) is 0 Å². The SMILES string of the molecule is Cc1cnc(C)s1.Cc1cnc(C)s1. The number of nitrogens with zero attached hydrogens (tertiary/aromatic N) is 2. The van der Waals surface area contributed by atoms with Gasteiger partial charge in [-0.15, -0.1) is 22.7 Å². The van der Waals surface area contributed by atoms with Gasteiger partial charge < -0.3 is 0 Å². The smallest absolute Gasteiger partial charge is 0.0896 e. The third kappa shape index (κ3) is 3.98. The molecule has 0 N–H and O–H groups in total. The second kappa shape index (κ2) is 5.22. The van der Waals surface area contributed by atoms with E-state index < -0.39 is 0 Å². The van der Waals surface area contributed by atoms with E-state index in [2.05, 4.69) is 23.8 Å². The standard InChI is InChI=1S/2C5H7NS/c2*1-4-3-6-5(2)7-4/h2*3H,1-2H3. The largest absolute Gasteiger partial charge is 0.250 e. The summed E-state index contributed by atoms with van der Waals surface area (Å²) < 4.78 is 0. The lowest BCUT2D eigenvalue weighted by Gasteiger charge is -1.68. The third-order valence-corrected chi connectivity index (χ3v) is 3.13. The first-order chi connectivity index (χ1) is 6.58. The molecule has 2 aromatic rings. The molecule has 0 saturated heterocycles. The summed E-state index contributed by atoms with van der Waals surface area (Å²) in [6.07, 6.45) is 3.78. The fourth-order valence-electron chi connectivity index (χ4n) is 0.935. The Hall–Kier alpha value is -0.740. The molecule has 0 aliphatic heterocycles. The molecule has 2 rings (SSSR count). The Morgan fingerprint density at radius 3 is 1.21 bits per heavy atom. The lowest BCUT2D eigenvalue weighted by atomic mass is 10.6. The molecule has 0 saturated carbocycles. The Balaban J connectivity index is 0.000000140. The second-order valence-electron chi connectivity index (χ2n) is 2.98. The molecule has 0 aromatic carbocycles. The predicted octanol–water partition coefficient (Wildman–Crippen LogP) is 3.52. The highest BCUT2D eigenvalue weighted by Crippen LogP contribution is 2.08. The number of aryl methyl sites for hydroxylation is 4. The quantitative estimate of drug-likeness (QED) is 0.687. The van der Waals surface area contributed by atoms with Crippen molar-refractivity contribution < 1.29 is 0 Å². The van der Waals surface area contributed by atoms with Crippen molar-refractivity contribution in [1.29, 1.82) is 0 Å². The van der Waals surface area contributed by atoms with Gasteiger partial charge >= 0.3 is 0 Å². The Bertz CT molecular complexity index is 319. The zero-order valence-electron chi connectivity index (χ0n) is 8.87. The van der Waals surface area contributed by atoms with E-state index in [1.165, 1.54) is 9.75 Å². The highest BCUT2D eigenvalue weighted by atomic mass is 32.1. The van der Waals surface area contributed by atoms with Crippen molar-refractivity contribution in [3.05, 3.63) is 32.2 Å². The van der Waals surface area contributed by atoms with Gasteiger partial charge in [-0.25, -0.2) is 9.97 Å². The first kappa shape index (κ1) is 11.3. The van der Waals surface area contributed by atoms with E-state index in [4.69, 9.17) is 0 Å². The van der Waals surface area contributed by atoms with Gasteiger partial charge in [-0.2, -0.15) is 0 Å². The molecule has 2 aromatic heterocycles. The van der Waals surface area contributed by atoms with Crippen molar-refractivity contribution in [2.45, 2.75) is 27.7 Å². The molecule has 0 aliphatic carbocycles. The first-order valence-electron chi connectivity index (χ1n) is 4.36. The molecule has 0 aliphatic rings. The average molecular weight is 226 g/mol. The van der Waals surface area contributed by atoms with E-state index in [1.807, 2.05) is 26.2 Å². The van der Waals surface area contributed by atoms with Crippen LogP contribution in [0.4, 0.5) is 0 Å². The second-order valence-corrected chi connectivity index (χ2v) is 5.86. The van der Waals surface area contributed by atoms with E-state index in [0.717, 1.165) is 10.0 Å². The van der Waals surface area contributed by atoms with Crippen molar-refractivity contribution in [2.24, 2.45) is 0 Å². The Labute approximate surface area is 92.7 Å². The van der Waals surface area contributed by atoms with Crippen LogP contribution in [0.15, 0.2) is 12.4 Å². The minimum atomic E-state index is 1.15. The summed E-state index contributed by atoms with van der Waals surface area (Å²) in [5.74, 6) is 0. The molecule has 0 bridgehead atoms. The van der Waals surface area contributed by atoms with Crippen LogP contribution in [0.1, 0.15) is 19.8 Å². The van der Waals surface area contributed by atoms with Crippen LogP contribution in [0.5, 0.6) is 0 Å². The lowest BCUT2D eigenvalue weighted by molar-refractivity contribution is 1.28. The molecule has 2 heterocycles. The summed E-state index contributed by atoms with van der Waals surface area (Å²) in [5, 5.41) is 2.30. The monoisotopic (exact) mass is 226 g/mol. The summed E-state index contributed by atoms with van der Waals surface area (Å²) in [4.78, 5) is 10.6. The maximum atomic E-state index is 4.03.